The van der Waals surface area contributed by atoms with Crippen LogP contribution in [0.3, 0.4) is 0 Å². The Labute approximate surface area is 207 Å². The lowest BCUT2D eigenvalue weighted by Crippen LogP contribution is -2.56. The molecule has 182 valence electrons. The number of carbonyl (C=O) groups excluding carboxylic acids is 4. The number of methoxy groups -OCH3 is 1. The number of likely N-dealkylation sites (N-methyl/N-ethyl adjacent to an activating group) is 1. The molecule has 0 bridgehead atoms. The lowest BCUT2D eigenvalue weighted by Gasteiger charge is -2.37. The molecule has 9 heteroatoms. The van der Waals surface area contributed by atoms with Crippen molar-refractivity contribution >= 4 is 45.7 Å². The molecule has 0 unspecified atom stereocenters. The molecular formula is C26H27N3O5S. The molecule has 4 aliphatic rings. The van der Waals surface area contributed by atoms with Crippen LogP contribution in [0.25, 0.3) is 0 Å². The van der Waals surface area contributed by atoms with E-state index in [4.69, 9.17) is 4.74 Å². The number of para-hydroxylation sites is 1. The second-order valence-corrected chi connectivity index (χ2v) is 10.9. The molecule has 35 heavy (non-hydrogen) atoms. The molecule has 4 atom stereocenters. The molecule has 3 saturated heterocycles. The zero-order valence-electron chi connectivity index (χ0n) is 20.2. The summed E-state index contributed by atoms with van der Waals surface area (Å²) in [6, 6.07) is 7.45. The maximum atomic E-state index is 14.3. The molecule has 3 amide bonds. The van der Waals surface area contributed by atoms with Gasteiger partial charge in [-0.3, -0.25) is 19.3 Å². The van der Waals surface area contributed by atoms with Crippen molar-refractivity contribution in [3.8, 4) is 0 Å². The van der Waals surface area contributed by atoms with Crippen LogP contribution in [0, 0.1) is 25.7 Å². The van der Waals surface area contributed by atoms with Crippen LogP contribution in [0.1, 0.15) is 46.1 Å². The number of anilines is 2. The van der Waals surface area contributed by atoms with Gasteiger partial charge in [-0.2, -0.15) is 0 Å². The number of imide groups is 1. The predicted octanol–water partition coefficient (Wildman–Crippen LogP) is 3.00. The van der Waals surface area contributed by atoms with Gasteiger partial charge >= 0.3 is 5.97 Å². The Morgan fingerprint density at radius 1 is 1.17 bits per heavy atom. The van der Waals surface area contributed by atoms with Crippen LogP contribution in [0.15, 0.2) is 24.3 Å². The Morgan fingerprint density at radius 3 is 2.63 bits per heavy atom. The molecule has 5 heterocycles. The molecule has 4 aliphatic heterocycles. The first-order chi connectivity index (χ1) is 16.8. The van der Waals surface area contributed by atoms with Crippen LogP contribution in [0.5, 0.6) is 0 Å². The first-order valence-electron chi connectivity index (χ1n) is 12.0. The van der Waals surface area contributed by atoms with Gasteiger partial charge in [0, 0.05) is 28.7 Å². The molecule has 1 spiro atoms. The van der Waals surface area contributed by atoms with Crippen molar-refractivity contribution in [1.29, 1.82) is 0 Å². The molecule has 8 nitrogen and oxygen atoms in total. The van der Waals surface area contributed by atoms with Crippen molar-refractivity contribution in [3.05, 3.63) is 45.8 Å². The van der Waals surface area contributed by atoms with Gasteiger partial charge < -0.3 is 9.64 Å². The average molecular weight is 494 g/mol. The Bertz CT molecular complexity index is 1320. The summed E-state index contributed by atoms with van der Waals surface area (Å²) >= 11 is 1.25. The van der Waals surface area contributed by atoms with E-state index in [2.05, 4.69) is 4.90 Å². The van der Waals surface area contributed by atoms with E-state index in [1.165, 1.54) is 23.3 Å². The fourth-order valence-corrected chi connectivity index (χ4v) is 8.12. The fraction of sp³-hybridized carbons (Fsp3) is 0.462. The third kappa shape index (κ3) is 2.50. The third-order valence-electron chi connectivity index (χ3n) is 8.42. The van der Waals surface area contributed by atoms with Crippen LogP contribution in [0.2, 0.25) is 0 Å². The van der Waals surface area contributed by atoms with Gasteiger partial charge in [-0.1, -0.05) is 18.2 Å². The van der Waals surface area contributed by atoms with Gasteiger partial charge in [0.2, 0.25) is 11.8 Å². The van der Waals surface area contributed by atoms with E-state index in [1.54, 1.807) is 11.8 Å². The van der Waals surface area contributed by atoms with Crippen molar-refractivity contribution in [3.63, 3.8) is 0 Å². The van der Waals surface area contributed by atoms with Crippen molar-refractivity contribution < 1.29 is 23.9 Å². The highest BCUT2D eigenvalue weighted by Gasteiger charge is 2.75. The maximum absolute atomic E-state index is 14.3. The number of aryl methyl sites for hydroxylation is 1. The van der Waals surface area contributed by atoms with Crippen molar-refractivity contribution in [2.45, 2.75) is 45.2 Å². The normalized spacial score (nSPS) is 29.4. The summed E-state index contributed by atoms with van der Waals surface area (Å²) in [4.78, 5) is 61.1. The van der Waals surface area contributed by atoms with Gasteiger partial charge in [-0.25, -0.2) is 9.69 Å². The Hall–Kier alpha value is -3.04. The lowest BCUT2D eigenvalue weighted by molar-refractivity contribution is -0.137. The van der Waals surface area contributed by atoms with E-state index in [1.807, 2.05) is 38.1 Å². The van der Waals surface area contributed by atoms with Crippen molar-refractivity contribution in [2.75, 3.05) is 30.0 Å². The third-order valence-corrected chi connectivity index (χ3v) is 9.61. The number of thiophene rings is 1. The Kier molecular flexibility index (Phi) is 4.79. The topological polar surface area (TPSA) is 87.2 Å². The Morgan fingerprint density at radius 2 is 1.91 bits per heavy atom. The van der Waals surface area contributed by atoms with Crippen LogP contribution >= 0.6 is 11.3 Å². The molecule has 3 fully saturated rings. The summed E-state index contributed by atoms with van der Waals surface area (Å²) in [7, 11) is 1.29. The van der Waals surface area contributed by atoms with Crippen LogP contribution in [-0.2, 0) is 24.7 Å². The summed E-state index contributed by atoms with van der Waals surface area (Å²) in [5.74, 6) is -2.89. The number of hydrogen-bond acceptors (Lipinski definition) is 7. The van der Waals surface area contributed by atoms with E-state index >= 15 is 0 Å². The van der Waals surface area contributed by atoms with E-state index in [-0.39, 0.29) is 23.4 Å². The highest BCUT2D eigenvalue weighted by Crippen LogP contribution is 2.62. The quantitative estimate of drug-likeness (QED) is 0.483. The van der Waals surface area contributed by atoms with E-state index in [0.717, 1.165) is 29.0 Å². The number of rotatable bonds is 3. The molecule has 6 rings (SSSR count). The first-order valence-corrected chi connectivity index (χ1v) is 12.9. The van der Waals surface area contributed by atoms with E-state index < -0.39 is 29.3 Å². The second-order valence-electron chi connectivity index (χ2n) is 9.71. The Balaban J connectivity index is 1.57. The number of ether oxygens (including phenoxy) is 1. The van der Waals surface area contributed by atoms with Crippen LogP contribution in [0.4, 0.5) is 10.7 Å². The van der Waals surface area contributed by atoms with Gasteiger partial charge in [0.05, 0.1) is 24.5 Å². The number of benzene rings is 1. The SMILES string of the molecule is CCN1C(=O)[C@@]2(c3ccccc31)[C@@H]1C(=O)N(c3sc(C)c(C)c3C(=O)OC)C(=O)[C@@H]1[C@@H]1CCCN12. The predicted molar refractivity (Wildman–Crippen MR) is 130 cm³/mol. The largest absolute Gasteiger partial charge is 0.465 e. The lowest BCUT2D eigenvalue weighted by atomic mass is 9.75. The van der Waals surface area contributed by atoms with Gasteiger partial charge in [-0.15, -0.1) is 11.3 Å². The van der Waals surface area contributed by atoms with Crippen molar-refractivity contribution in [1.82, 2.24) is 4.90 Å². The highest BCUT2D eigenvalue weighted by molar-refractivity contribution is 7.17. The molecule has 0 aliphatic carbocycles. The number of carbonyl (C=O) groups is 4. The minimum atomic E-state index is -1.20. The van der Waals surface area contributed by atoms with E-state index in [9.17, 15) is 19.2 Å². The molecule has 0 N–H and O–H groups in total. The van der Waals surface area contributed by atoms with E-state index in [0.29, 0.717) is 23.7 Å². The van der Waals surface area contributed by atoms with Gasteiger partial charge in [0.15, 0.2) is 0 Å². The molecule has 2 aromatic rings. The molecule has 1 aromatic carbocycles. The van der Waals surface area contributed by atoms with Gasteiger partial charge in [0.25, 0.3) is 5.91 Å². The monoisotopic (exact) mass is 493 g/mol. The minimum Gasteiger partial charge on any atom is -0.465 e. The van der Waals surface area contributed by atoms with Crippen LogP contribution in [-0.4, -0.2) is 54.8 Å². The fourth-order valence-electron chi connectivity index (χ4n) is 6.96. The zero-order chi connectivity index (χ0) is 24.8. The second kappa shape index (κ2) is 7.48. The average Bonchev–Trinajstić information content (AvgIpc) is 3.60. The summed E-state index contributed by atoms with van der Waals surface area (Å²) < 4.78 is 5.00. The minimum absolute atomic E-state index is 0.129. The number of hydrogen-bond donors (Lipinski definition) is 0. The highest BCUT2D eigenvalue weighted by atomic mass is 32.1. The number of nitrogens with zero attached hydrogens (tertiary/aromatic N) is 3. The summed E-state index contributed by atoms with van der Waals surface area (Å²) in [6.07, 6.45) is 1.62. The molecule has 0 saturated carbocycles. The maximum Gasteiger partial charge on any atom is 0.341 e. The number of fused-ring (bicyclic) bond motifs is 7. The molecular weight excluding hydrogens is 466 g/mol. The summed E-state index contributed by atoms with van der Waals surface area (Å²) in [5.41, 5.74) is 1.37. The van der Waals surface area contributed by atoms with Crippen molar-refractivity contribution in [2.24, 2.45) is 11.8 Å². The number of esters is 1. The smallest absolute Gasteiger partial charge is 0.341 e. The summed E-state index contributed by atoms with van der Waals surface area (Å²) in [6.45, 7) is 6.73. The standard InChI is InChI=1S/C26H27N3O5S/c1-5-27-16-10-7-6-9-15(16)26(25(27)33)20-19(17-11-8-12-28(17)26)21(30)29(22(20)31)23-18(24(32)34-4)13(2)14(3)35-23/h6-7,9-10,17,19-20H,5,8,11-12H2,1-4H3/t17-,19+,20-,26+/m0/s1. The number of amides is 3. The first kappa shape index (κ1) is 22.4. The van der Waals surface area contributed by atoms with Crippen LogP contribution < -0.4 is 9.80 Å². The summed E-state index contributed by atoms with van der Waals surface area (Å²) in [5, 5.41) is 0.307. The van der Waals surface area contributed by atoms with Gasteiger partial charge in [0.1, 0.15) is 10.5 Å². The molecule has 1 aromatic heterocycles. The van der Waals surface area contributed by atoms with Gasteiger partial charge in [-0.05, 0) is 51.8 Å². The molecule has 0 radical (unpaired) electrons. The zero-order valence-corrected chi connectivity index (χ0v) is 21.0.